The fraction of sp³-hybridized carbons (Fsp3) is 0.368. The van der Waals surface area contributed by atoms with E-state index in [-0.39, 0.29) is 12.0 Å². The lowest BCUT2D eigenvalue weighted by atomic mass is 10.1. The molecular weight excluding hydrogens is 330 g/mol. The summed E-state index contributed by atoms with van der Waals surface area (Å²) in [6.45, 7) is 5.06. The number of hydrogen-bond donors (Lipinski definition) is 1. The van der Waals surface area contributed by atoms with Gasteiger partial charge >= 0.3 is 0 Å². The Bertz CT molecular complexity index is 932. The number of carbonyl (C=O) groups is 1. The summed E-state index contributed by atoms with van der Waals surface area (Å²) < 4.78 is 6.03. The molecule has 0 bridgehead atoms. The number of H-pyrrole nitrogens is 1. The van der Waals surface area contributed by atoms with Crippen molar-refractivity contribution in [1.29, 1.82) is 0 Å². The molecule has 7 nitrogen and oxygen atoms in total. The number of rotatable bonds is 3. The zero-order valence-electron chi connectivity index (χ0n) is 14.9. The molecular formula is C19H21N5O2. The molecule has 1 aliphatic rings. The second-order valence-corrected chi connectivity index (χ2v) is 6.66. The van der Waals surface area contributed by atoms with Crippen molar-refractivity contribution in [3.63, 3.8) is 0 Å². The molecule has 1 unspecified atom stereocenters. The molecule has 0 spiro atoms. The van der Waals surface area contributed by atoms with Gasteiger partial charge in [0, 0.05) is 23.9 Å². The maximum Gasteiger partial charge on any atom is 0.254 e. The van der Waals surface area contributed by atoms with Crippen molar-refractivity contribution in [3.8, 4) is 5.88 Å². The summed E-state index contributed by atoms with van der Waals surface area (Å²) in [5, 5.41) is 0. The Morgan fingerprint density at radius 3 is 3.00 bits per heavy atom. The first-order valence-electron chi connectivity index (χ1n) is 8.80. The normalized spacial score (nSPS) is 17.5. The largest absolute Gasteiger partial charge is 0.472 e. The standard InChI is InChI=1S/C19H21N5O2/c1-12-8-18(23-13(2)22-12)26-15-4-3-7-24(10-15)19(25)14-5-6-16-17(9-14)21-11-20-16/h5-6,8-9,11,15H,3-4,7,10H2,1-2H3,(H,20,21). The highest BCUT2D eigenvalue weighted by Gasteiger charge is 2.26. The van der Waals surface area contributed by atoms with Crippen molar-refractivity contribution in [2.75, 3.05) is 13.1 Å². The van der Waals surface area contributed by atoms with Crippen molar-refractivity contribution in [3.05, 3.63) is 47.7 Å². The summed E-state index contributed by atoms with van der Waals surface area (Å²) in [6.07, 6.45) is 3.39. The molecule has 0 saturated carbocycles. The van der Waals surface area contributed by atoms with Gasteiger partial charge in [-0.3, -0.25) is 4.79 Å². The van der Waals surface area contributed by atoms with Gasteiger partial charge in [-0.2, -0.15) is 4.98 Å². The van der Waals surface area contributed by atoms with Crippen LogP contribution in [0.1, 0.15) is 34.7 Å². The highest BCUT2D eigenvalue weighted by molar-refractivity contribution is 5.97. The summed E-state index contributed by atoms with van der Waals surface area (Å²) in [5.74, 6) is 1.29. The van der Waals surface area contributed by atoms with Crippen LogP contribution in [0.4, 0.5) is 0 Å². The Morgan fingerprint density at radius 2 is 2.15 bits per heavy atom. The lowest BCUT2D eigenvalue weighted by Crippen LogP contribution is -2.44. The van der Waals surface area contributed by atoms with Crippen molar-refractivity contribution >= 4 is 16.9 Å². The molecule has 1 fully saturated rings. The van der Waals surface area contributed by atoms with E-state index in [1.807, 2.05) is 43.0 Å². The maximum absolute atomic E-state index is 12.9. The Hall–Kier alpha value is -2.96. The zero-order valence-corrected chi connectivity index (χ0v) is 14.9. The number of piperidine rings is 1. The van der Waals surface area contributed by atoms with Gasteiger partial charge in [-0.15, -0.1) is 0 Å². The Balaban J connectivity index is 1.47. The van der Waals surface area contributed by atoms with E-state index < -0.39 is 0 Å². The molecule has 1 aliphatic heterocycles. The van der Waals surface area contributed by atoms with Crippen LogP contribution in [0, 0.1) is 13.8 Å². The van der Waals surface area contributed by atoms with E-state index in [2.05, 4.69) is 19.9 Å². The third kappa shape index (κ3) is 3.37. The van der Waals surface area contributed by atoms with Crippen molar-refractivity contribution in [2.24, 2.45) is 0 Å². The number of aryl methyl sites for hydroxylation is 2. The first kappa shape index (κ1) is 16.5. The summed E-state index contributed by atoms with van der Waals surface area (Å²) in [4.78, 5) is 30.6. The van der Waals surface area contributed by atoms with E-state index in [0.717, 1.165) is 36.1 Å². The van der Waals surface area contributed by atoms with Gasteiger partial charge in [0.2, 0.25) is 5.88 Å². The number of benzene rings is 1. The molecule has 1 aromatic carbocycles. The van der Waals surface area contributed by atoms with Crippen LogP contribution in [0.2, 0.25) is 0 Å². The number of fused-ring (bicyclic) bond motifs is 1. The third-order valence-electron chi connectivity index (χ3n) is 4.56. The van der Waals surface area contributed by atoms with Crippen LogP contribution in [0.5, 0.6) is 5.88 Å². The van der Waals surface area contributed by atoms with Gasteiger partial charge in [-0.25, -0.2) is 9.97 Å². The van der Waals surface area contributed by atoms with Crippen LogP contribution in [0.25, 0.3) is 11.0 Å². The Morgan fingerprint density at radius 1 is 1.27 bits per heavy atom. The molecule has 7 heteroatoms. The Kier molecular flexibility index (Phi) is 4.28. The lowest BCUT2D eigenvalue weighted by Gasteiger charge is -2.32. The molecule has 4 rings (SSSR count). The minimum Gasteiger partial charge on any atom is -0.472 e. The van der Waals surface area contributed by atoms with E-state index in [9.17, 15) is 4.79 Å². The van der Waals surface area contributed by atoms with Crippen LogP contribution >= 0.6 is 0 Å². The maximum atomic E-state index is 12.9. The summed E-state index contributed by atoms with van der Waals surface area (Å²) in [6, 6.07) is 7.38. The van der Waals surface area contributed by atoms with Gasteiger partial charge < -0.3 is 14.6 Å². The van der Waals surface area contributed by atoms with Gasteiger partial charge in [-0.05, 0) is 44.9 Å². The number of carbonyl (C=O) groups excluding carboxylic acids is 1. The molecule has 3 heterocycles. The fourth-order valence-corrected chi connectivity index (χ4v) is 3.38. The van der Waals surface area contributed by atoms with Gasteiger partial charge in [0.25, 0.3) is 5.91 Å². The average Bonchev–Trinajstić information content (AvgIpc) is 3.08. The fourth-order valence-electron chi connectivity index (χ4n) is 3.38. The van der Waals surface area contributed by atoms with Gasteiger partial charge in [0.1, 0.15) is 11.9 Å². The van der Waals surface area contributed by atoms with Crippen LogP contribution in [0.15, 0.2) is 30.6 Å². The van der Waals surface area contributed by atoms with E-state index in [4.69, 9.17) is 4.74 Å². The highest BCUT2D eigenvalue weighted by atomic mass is 16.5. The summed E-state index contributed by atoms with van der Waals surface area (Å²) >= 11 is 0. The molecule has 1 atom stereocenters. The number of amides is 1. The number of hydrogen-bond acceptors (Lipinski definition) is 5. The topological polar surface area (TPSA) is 84.0 Å². The SMILES string of the molecule is Cc1cc(OC2CCCN(C(=O)c3ccc4nc[nH]c4c3)C2)nc(C)n1. The molecule has 26 heavy (non-hydrogen) atoms. The summed E-state index contributed by atoms with van der Waals surface area (Å²) in [7, 11) is 0. The zero-order chi connectivity index (χ0) is 18.1. The first-order chi connectivity index (χ1) is 12.6. The van der Waals surface area contributed by atoms with E-state index in [1.165, 1.54) is 0 Å². The minimum atomic E-state index is -0.0581. The monoisotopic (exact) mass is 351 g/mol. The third-order valence-corrected chi connectivity index (χ3v) is 4.56. The number of likely N-dealkylation sites (tertiary alicyclic amines) is 1. The molecule has 1 amide bonds. The van der Waals surface area contributed by atoms with Crippen LogP contribution in [-0.4, -0.2) is 49.9 Å². The number of aromatic amines is 1. The average molecular weight is 351 g/mol. The van der Waals surface area contributed by atoms with Crippen LogP contribution < -0.4 is 4.74 Å². The molecule has 134 valence electrons. The molecule has 1 saturated heterocycles. The van der Waals surface area contributed by atoms with Crippen LogP contribution in [-0.2, 0) is 0 Å². The Labute approximate surface area is 151 Å². The van der Waals surface area contributed by atoms with E-state index >= 15 is 0 Å². The molecule has 3 aromatic rings. The summed E-state index contributed by atoms with van der Waals surface area (Å²) in [5.41, 5.74) is 3.27. The lowest BCUT2D eigenvalue weighted by molar-refractivity contribution is 0.0527. The van der Waals surface area contributed by atoms with E-state index in [1.54, 1.807) is 6.33 Å². The van der Waals surface area contributed by atoms with Crippen molar-refractivity contribution in [1.82, 2.24) is 24.8 Å². The van der Waals surface area contributed by atoms with Gasteiger partial charge in [-0.1, -0.05) is 0 Å². The van der Waals surface area contributed by atoms with Gasteiger partial charge in [0.15, 0.2) is 0 Å². The quantitative estimate of drug-likeness (QED) is 0.784. The second kappa shape index (κ2) is 6.74. The highest BCUT2D eigenvalue weighted by Crippen LogP contribution is 2.20. The molecule has 2 aromatic heterocycles. The van der Waals surface area contributed by atoms with E-state index in [0.29, 0.717) is 23.8 Å². The first-order valence-corrected chi connectivity index (χ1v) is 8.80. The van der Waals surface area contributed by atoms with Crippen molar-refractivity contribution < 1.29 is 9.53 Å². The number of nitrogens with one attached hydrogen (secondary N) is 1. The molecule has 1 N–H and O–H groups in total. The number of aromatic nitrogens is 4. The minimum absolute atomic E-state index is 0.0184. The number of nitrogens with zero attached hydrogens (tertiary/aromatic N) is 4. The smallest absolute Gasteiger partial charge is 0.254 e. The number of ether oxygens (including phenoxy) is 1. The predicted molar refractivity (Wildman–Crippen MR) is 97.2 cm³/mol. The molecule has 0 radical (unpaired) electrons. The van der Waals surface area contributed by atoms with Gasteiger partial charge in [0.05, 0.1) is 23.9 Å². The van der Waals surface area contributed by atoms with Crippen molar-refractivity contribution in [2.45, 2.75) is 32.8 Å². The molecule has 0 aliphatic carbocycles. The second-order valence-electron chi connectivity index (χ2n) is 6.66. The predicted octanol–water partition coefficient (Wildman–Crippen LogP) is 2.65. The van der Waals surface area contributed by atoms with Crippen LogP contribution in [0.3, 0.4) is 0 Å². The number of imidazole rings is 1.